The van der Waals surface area contributed by atoms with E-state index in [9.17, 15) is 0 Å². The molecule has 0 spiro atoms. The van der Waals surface area contributed by atoms with Gasteiger partial charge in [0.25, 0.3) is 8.32 Å². The second-order valence-corrected chi connectivity index (χ2v) is 25.4. The molecule has 0 unspecified atom stereocenters. The largest absolute Gasteiger partial charge is 0.405 e. The fourth-order valence-corrected chi connectivity index (χ4v) is 19.8. The van der Waals surface area contributed by atoms with Crippen molar-refractivity contribution in [1.29, 1.82) is 0 Å². The van der Waals surface area contributed by atoms with E-state index in [4.69, 9.17) is 18.6 Å². The van der Waals surface area contributed by atoms with Crippen molar-refractivity contribution in [3.8, 4) is 0 Å². The van der Waals surface area contributed by atoms with E-state index in [1.807, 2.05) is 13.8 Å². The highest BCUT2D eigenvalue weighted by molar-refractivity contribution is 6.99. The van der Waals surface area contributed by atoms with Crippen molar-refractivity contribution in [1.82, 2.24) is 4.23 Å². The predicted molar refractivity (Wildman–Crippen MR) is 186 cm³/mol. The molecule has 7 heteroatoms. The lowest BCUT2D eigenvalue weighted by Crippen LogP contribution is -2.67. The van der Waals surface area contributed by atoms with Gasteiger partial charge in [-0.15, -0.1) is 0 Å². The number of fused-ring (bicyclic) bond motifs is 1. The van der Waals surface area contributed by atoms with Crippen molar-refractivity contribution in [2.24, 2.45) is 0 Å². The summed E-state index contributed by atoms with van der Waals surface area (Å²) in [6, 6.07) is 23.9. The standard InChI is InChI=1S/C37H55NO4Si2/c1-26(2)43(27(3)4,28(5)6)38-23-22-29(24-38)33-35-34(41-37(10,11)42-35)32(40-33)25-39-44(36(7,8)9,30-18-14-12-15-19-30)31-20-16-13-17-21-31/h12-24,26-28,32-35H,25H2,1-11H3/t32-,33+,34-,35+/m1/s1. The summed E-state index contributed by atoms with van der Waals surface area (Å²) in [5.41, 5.74) is 3.00. The Morgan fingerprint density at radius 2 is 1.27 bits per heavy atom. The highest BCUT2D eigenvalue weighted by Crippen LogP contribution is 2.48. The van der Waals surface area contributed by atoms with Crippen LogP contribution in [-0.4, -0.2) is 51.5 Å². The average Bonchev–Trinajstić information content (AvgIpc) is 3.63. The number of hydrogen-bond donors (Lipinski definition) is 0. The average molecular weight is 634 g/mol. The normalized spacial score (nSPS) is 24.0. The van der Waals surface area contributed by atoms with Crippen LogP contribution in [0.3, 0.4) is 0 Å². The van der Waals surface area contributed by atoms with Crippen LogP contribution < -0.4 is 10.4 Å². The minimum atomic E-state index is -2.73. The lowest BCUT2D eigenvalue weighted by molar-refractivity contribution is -0.190. The number of benzene rings is 2. The van der Waals surface area contributed by atoms with Crippen molar-refractivity contribution in [2.75, 3.05) is 6.61 Å². The maximum atomic E-state index is 7.34. The Morgan fingerprint density at radius 3 is 1.75 bits per heavy atom. The first-order chi connectivity index (χ1) is 20.6. The van der Waals surface area contributed by atoms with Crippen molar-refractivity contribution in [3.63, 3.8) is 0 Å². The van der Waals surface area contributed by atoms with Gasteiger partial charge < -0.3 is 22.9 Å². The van der Waals surface area contributed by atoms with Crippen molar-refractivity contribution < 1.29 is 18.6 Å². The van der Waals surface area contributed by atoms with E-state index in [0.717, 1.165) is 0 Å². The third-order valence-electron chi connectivity index (χ3n) is 10.3. The highest BCUT2D eigenvalue weighted by Gasteiger charge is 2.58. The molecule has 3 aromatic rings. The molecular formula is C37H55NO4Si2. The molecule has 2 saturated heterocycles. The highest BCUT2D eigenvalue weighted by atomic mass is 28.4. The van der Waals surface area contributed by atoms with Crippen LogP contribution in [0.5, 0.6) is 0 Å². The van der Waals surface area contributed by atoms with Crippen LogP contribution in [0.15, 0.2) is 79.1 Å². The van der Waals surface area contributed by atoms with Gasteiger partial charge in [0.05, 0.1) is 6.61 Å². The molecule has 2 aliphatic heterocycles. The van der Waals surface area contributed by atoms with Crippen LogP contribution in [0, 0.1) is 0 Å². The van der Waals surface area contributed by atoms with Crippen LogP contribution >= 0.6 is 0 Å². The zero-order valence-electron chi connectivity index (χ0n) is 28.8. The van der Waals surface area contributed by atoms with Crippen molar-refractivity contribution >= 4 is 26.9 Å². The molecule has 44 heavy (non-hydrogen) atoms. The molecule has 0 saturated carbocycles. The second kappa shape index (κ2) is 12.3. The summed E-state index contributed by atoms with van der Waals surface area (Å²) >= 11 is 0. The molecule has 4 atom stereocenters. The molecular weight excluding hydrogens is 579 g/mol. The Morgan fingerprint density at radius 1 is 0.773 bits per heavy atom. The number of nitrogens with zero attached hydrogens (tertiary/aromatic N) is 1. The van der Waals surface area contributed by atoms with Crippen molar-refractivity contribution in [3.05, 3.63) is 84.7 Å². The summed E-state index contributed by atoms with van der Waals surface area (Å²) < 4.78 is 30.0. The molecule has 1 aromatic heterocycles. The van der Waals surface area contributed by atoms with Gasteiger partial charge in [-0.2, -0.15) is 0 Å². The van der Waals surface area contributed by atoms with Gasteiger partial charge in [-0.3, -0.25) is 0 Å². The molecule has 5 rings (SSSR count). The lowest BCUT2D eigenvalue weighted by atomic mass is 10.0. The van der Waals surface area contributed by atoms with E-state index in [2.05, 4.69) is 146 Å². The number of aromatic nitrogens is 1. The first-order valence-electron chi connectivity index (χ1n) is 16.6. The molecule has 240 valence electrons. The topological polar surface area (TPSA) is 41.9 Å². The Labute approximate surface area is 268 Å². The minimum Gasteiger partial charge on any atom is -0.405 e. The van der Waals surface area contributed by atoms with Crippen LogP contribution in [0.1, 0.15) is 87.8 Å². The molecule has 0 aliphatic carbocycles. The van der Waals surface area contributed by atoms with Gasteiger partial charge in [-0.05, 0) is 58.1 Å². The summed E-state index contributed by atoms with van der Waals surface area (Å²) in [7, 11) is -4.61. The van der Waals surface area contributed by atoms with E-state index in [-0.39, 0.29) is 29.5 Å². The second-order valence-electron chi connectivity index (χ2n) is 15.3. The lowest BCUT2D eigenvalue weighted by Gasteiger charge is -2.44. The maximum Gasteiger partial charge on any atom is 0.261 e. The summed E-state index contributed by atoms with van der Waals surface area (Å²) in [5.74, 6) is -0.679. The monoisotopic (exact) mass is 633 g/mol. The summed E-state index contributed by atoms with van der Waals surface area (Å²) in [6.07, 6.45) is 3.81. The zero-order chi connectivity index (χ0) is 32.1. The Hall–Kier alpha value is -2.01. The van der Waals surface area contributed by atoms with Gasteiger partial charge in [0.2, 0.25) is 0 Å². The number of hydrogen-bond acceptors (Lipinski definition) is 4. The number of ether oxygens (including phenoxy) is 3. The van der Waals surface area contributed by atoms with Gasteiger partial charge in [0.15, 0.2) is 14.0 Å². The van der Waals surface area contributed by atoms with E-state index >= 15 is 0 Å². The van der Waals surface area contributed by atoms with E-state index < -0.39 is 22.3 Å². The van der Waals surface area contributed by atoms with Crippen LogP contribution in [-0.2, 0) is 18.6 Å². The Kier molecular flexibility index (Phi) is 9.33. The quantitative estimate of drug-likeness (QED) is 0.212. The smallest absolute Gasteiger partial charge is 0.261 e. The molecule has 2 fully saturated rings. The first-order valence-corrected chi connectivity index (χ1v) is 20.7. The maximum absolute atomic E-state index is 7.34. The molecule has 5 nitrogen and oxygen atoms in total. The Bertz CT molecular complexity index is 1320. The van der Waals surface area contributed by atoms with Crippen molar-refractivity contribution in [2.45, 2.75) is 128 Å². The van der Waals surface area contributed by atoms with Gasteiger partial charge in [-0.25, -0.2) is 0 Å². The molecule has 0 N–H and O–H groups in total. The Balaban J connectivity index is 1.50. The molecule has 3 heterocycles. The first kappa shape index (κ1) is 33.4. The molecule has 2 aliphatic rings. The van der Waals surface area contributed by atoms with Gasteiger partial charge in [0.1, 0.15) is 24.4 Å². The van der Waals surface area contributed by atoms with E-state index in [0.29, 0.717) is 23.2 Å². The summed E-state index contributed by atoms with van der Waals surface area (Å²) in [6.45, 7) is 25.8. The molecule has 0 bridgehead atoms. The van der Waals surface area contributed by atoms with Gasteiger partial charge >= 0.3 is 0 Å². The SMILES string of the molecule is CC(C)[Si](C(C)C)(C(C)C)n1ccc([C@@H]2O[C@H](CO[Si](c3ccccc3)(c3ccccc3)C(C)(C)C)[C@H]3OC(C)(C)O[C@H]32)c1. The van der Waals surface area contributed by atoms with Crippen LogP contribution in [0.2, 0.25) is 21.7 Å². The third kappa shape index (κ3) is 5.62. The van der Waals surface area contributed by atoms with Gasteiger partial charge in [0, 0.05) is 11.8 Å². The van der Waals surface area contributed by atoms with E-state index in [1.165, 1.54) is 15.9 Å². The molecule has 2 aromatic carbocycles. The fourth-order valence-electron chi connectivity index (χ4n) is 8.77. The van der Waals surface area contributed by atoms with E-state index in [1.54, 1.807) is 0 Å². The van der Waals surface area contributed by atoms with Crippen LogP contribution in [0.4, 0.5) is 0 Å². The molecule has 0 radical (unpaired) electrons. The van der Waals surface area contributed by atoms with Crippen LogP contribution in [0.25, 0.3) is 0 Å². The zero-order valence-corrected chi connectivity index (χ0v) is 30.8. The fraction of sp³-hybridized carbons (Fsp3) is 0.568. The third-order valence-corrected chi connectivity index (χ3v) is 22.0. The number of rotatable bonds is 10. The van der Waals surface area contributed by atoms with Gasteiger partial charge in [-0.1, -0.05) is 123 Å². The minimum absolute atomic E-state index is 0.116. The molecule has 0 amide bonds. The summed E-state index contributed by atoms with van der Waals surface area (Å²) in [5, 5.41) is 2.42. The summed E-state index contributed by atoms with van der Waals surface area (Å²) in [4.78, 5) is 0. The predicted octanol–water partition coefficient (Wildman–Crippen LogP) is 8.05.